The third-order valence-electron chi connectivity index (χ3n) is 11.4. The predicted octanol–water partition coefficient (Wildman–Crippen LogP) is 2.05. The van der Waals surface area contributed by atoms with E-state index in [0.717, 1.165) is 43.6 Å². The zero-order chi connectivity index (χ0) is 49.5. The van der Waals surface area contributed by atoms with E-state index in [1.165, 1.54) is 76.2 Å². The first-order valence-electron chi connectivity index (χ1n) is 25.6. The first-order valence-corrected chi connectivity index (χ1v) is 36.0. The van der Waals surface area contributed by atoms with Crippen molar-refractivity contribution < 1.29 is 79.7 Å². The topological polar surface area (TPSA) is 166 Å². The third-order valence-corrected chi connectivity index (χ3v) is 20.2. The molecule has 70 heavy (non-hydrogen) atoms. The van der Waals surface area contributed by atoms with Crippen LogP contribution in [0.15, 0.2) is 60.7 Å². The number of unbranched alkanes of at least 4 members (excludes halogenated alkanes) is 3. The third kappa shape index (κ3) is 29.1. The minimum absolute atomic E-state index is 0.0483. The predicted molar refractivity (Wildman–Crippen MR) is 288 cm³/mol. The van der Waals surface area contributed by atoms with Crippen LogP contribution in [0, 0.1) is 5.92 Å². The Hall–Kier alpha value is -0.328. The average Bonchev–Trinajstić information content (AvgIpc) is 3.24. The van der Waals surface area contributed by atoms with Crippen LogP contribution in [-0.2, 0) is 86.1 Å². The van der Waals surface area contributed by atoms with E-state index < -0.39 is 90.1 Å². The molecule has 9 aliphatic heterocycles. The van der Waals surface area contributed by atoms with Gasteiger partial charge in [0.15, 0.2) is 6.29 Å². The lowest BCUT2D eigenvalue weighted by Gasteiger charge is -2.36. The lowest BCUT2D eigenvalue weighted by molar-refractivity contribution is -0.139. The lowest BCUT2D eigenvalue weighted by Crippen LogP contribution is -2.40. The summed E-state index contributed by atoms with van der Waals surface area (Å²) in [6.07, 6.45) is 20.7. The molecule has 18 nitrogen and oxygen atoms in total. The summed E-state index contributed by atoms with van der Waals surface area (Å²) in [6.45, 7) is 11.0. The van der Waals surface area contributed by atoms with Crippen LogP contribution in [0.25, 0.3) is 0 Å². The molecule has 0 unspecified atom stereocenters. The van der Waals surface area contributed by atoms with Crippen LogP contribution in [-0.4, -0.2) is 141 Å². The average molecular weight is 1140 g/mol. The van der Waals surface area contributed by atoms with Crippen molar-refractivity contribution in [3.8, 4) is 0 Å². The Bertz CT molecular complexity index is 1450. The Kier molecular flexibility index (Phi) is 37.2. The SMILES string of the molecule is C1CCC(C2O[SiH2]O2)CC1.C1O[SiH2]O1.CC1O[SiH2]O1.CCC1O[SiH2]O1.CCCC1O[SiH2]O1.CCCCC1O[SiH2]O1.CCCCCC1O[SiH2]O1.c1ccc(C2O[SiH2]O2)cc1.c1ccc(CC2O[SiH2]O2)cc1. The van der Waals surface area contributed by atoms with Gasteiger partial charge in [-0.25, -0.2) is 0 Å². The largest absolute Gasteiger partial charge is 0.376 e. The Labute approximate surface area is 439 Å². The van der Waals surface area contributed by atoms with Crippen LogP contribution in [0.3, 0.4) is 0 Å². The molecular formula is C43H86O18Si9. The van der Waals surface area contributed by atoms with Crippen LogP contribution in [0.5, 0.6) is 0 Å². The lowest BCUT2D eigenvalue weighted by atomic mass is 9.89. The minimum atomic E-state index is -0.586. The molecule has 1 aliphatic carbocycles. The Morgan fingerprint density at radius 2 is 0.857 bits per heavy atom. The highest BCUT2D eigenvalue weighted by molar-refractivity contribution is 6.22. The van der Waals surface area contributed by atoms with Crippen molar-refractivity contribution in [2.24, 2.45) is 5.92 Å². The fourth-order valence-electron chi connectivity index (χ4n) is 6.70. The smallest absolute Gasteiger partial charge is 0.309 e. The molecule has 12 rings (SSSR count). The molecule has 10 fully saturated rings. The summed E-state index contributed by atoms with van der Waals surface area (Å²) in [4.78, 5) is 0. The van der Waals surface area contributed by atoms with E-state index in [0.29, 0.717) is 6.79 Å². The van der Waals surface area contributed by atoms with Crippen molar-refractivity contribution in [2.75, 3.05) is 6.79 Å². The van der Waals surface area contributed by atoms with Gasteiger partial charge >= 0.3 is 90.1 Å². The van der Waals surface area contributed by atoms with Gasteiger partial charge in [-0.1, -0.05) is 133 Å². The summed E-state index contributed by atoms with van der Waals surface area (Å²) in [5.41, 5.74) is 2.41. The quantitative estimate of drug-likeness (QED) is 0.199. The highest BCUT2D eigenvalue weighted by atomic mass is 28.3. The van der Waals surface area contributed by atoms with E-state index in [4.69, 9.17) is 70.8 Å². The summed E-state index contributed by atoms with van der Waals surface area (Å²) >= 11 is 0. The number of rotatable bonds is 14. The molecule has 1 saturated carbocycles. The monoisotopic (exact) mass is 1140 g/mol. The normalized spacial score (nSPS) is 30.9. The maximum absolute atomic E-state index is 5.39. The van der Waals surface area contributed by atoms with Crippen molar-refractivity contribution in [2.45, 2.75) is 188 Å². The van der Waals surface area contributed by atoms with Crippen LogP contribution in [0.1, 0.15) is 148 Å². The standard InChI is InChI=1S/C8H10O2Si.C7H14O2Si.C7H8O2Si.C6H14O2Si.C5H12O2Si.C4H10O2Si.C3H8O2Si.C2H6O2Si.CH4O2Si/c1-2-4-7(5-3-1)6-8-9-11-10-8;2*1-2-4-6(5-3-1)7-8-10-9-7;1-2-3-4-5-6-7-9-8-6;1-2-3-4-5-6-8-7-5;1-2-3-4-5-7-6-4;1-2-3-4-6-5-3;1-2-3-5-4-2;1-2-4-3-1/h1-5,8H,6,11H2;6-7H,1-5,10H2;1-5,7H,10H2;6H,2-5,9H2,1H3;5H,2-4,8H2,1H3;4H,2-3,7H2,1H3;3H,2,6H2,1H3;2H,5H2,1H3;1,4H2. The zero-order valence-electron chi connectivity index (χ0n) is 42.7. The second-order valence-electron chi connectivity index (χ2n) is 17.0. The molecule has 10 aliphatic rings. The highest BCUT2D eigenvalue weighted by Crippen LogP contribution is 2.30. The molecule has 402 valence electrons. The molecule has 2 aromatic rings. The fraction of sp³-hybridized carbons (Fsp3) is 0.721. The molecule has 27 heteroatoms. The summed E-state index contributed by atoms with van der Waals surface area (Å²) in [7, 11) is -4.33. The molecule has 0 spiro atoms. The summed E-state index contributed by atoms with van der Waals surface area (Å²) in [6, 6.07) is 20.2. The van der Waals surface area contributed by atoms with E-state index in [9.17, 15) is 0 Å². The minimum Gasteiger partial charge on any atom is -0.376 e. The van der Waals surface area contributed by atoms with Crippen LogP contribution in [0.4, 0.5) is 0 Å². The van der Waals surface area contributed by atoms with Gasteiger partial charge in [-0.3, -0.25) is 0 Å². The maximum Gasteiger partial charge on any atom is 0.309 e. The summed E-state index contributed by atoms with van der Waals surface area (Å²) in [5.74, 6) is 0.745. The van der Waals surface area contributed by atoms with E-state index in [2.05, 4.69) is 48.7 Å². The van der Waals surface area contributed by atoms with Gasteiger partial charge in [0.2, 0.25) is 0 Å². The van der Waals surface area contributed by atoms with Crippen molar-refractivity contribution in [3.05, 3.63) is 71.8 Å². The Morgan fingerprint density at radius 3 is 1.17 bits per heavy atom. The molecule has 9 heterocycles. The molecule has 0 amide bonds. The maximum atomic E-state index is 5.39. The Balaban J connectivity index is 0.000000174. The molecule has 0 radical (unpaired) electrons. The molecule has 0 N–H and O–H groups in total. The van der Waals surface area contributed by atoms with Gasteiger partial charge < -0.3 is 79.7 Å². The number of benzene rings is 2. The van der Waals surface area contributed by atoms with Gasteiger partial charge in [0, 0.05) is 17.9 Å². The van der Waals surface area contributed by atoms with Crippen LogP contribution < -0.4 is 0 Å². The van der Waals surface area contributed by atoms with Gasteiger partial charge in [-0.2, -0.15) is 0 Å². The van der Waals surface area contributed by atoms with E-state index >= 15 is 0 Å². The van der Waals surface area contributed by atoms with Gasteiger partial charge in [-0.05, 0) is 63.9 Å². The van der Waals surface area contributed by atoms with E-state index in [1.54, 1.807) is 0 Å². The van der Waals surface area contributed by atoms with E-state index in [-0.39, 0.29) is 50.3 Å². The Morgan fingerprint density at radius 1 is 0.429 bits per heavy atom. The molecule has 0 aromatic heterocycles. The van der Waals surface area contributed by atoms with Crippen molar-refractivity contribution in [3.63, 3.8) is 0 Å². The molecule has 9 saturated heterocycles. The molecular weight excluding hydrogens is 1060 g/mol. The van der Waals surface area contributed by atoms with Crippen molar-refractivity contribution in [1.29, 1.82) is 0 Å². The van der Waals surface area contributed by atoms with Crippen molar-refractivity contribution in [1.82, 2.24) is 0 Å². The molecule has 2 aromatic carbocycles. The first kappa shape index (κ1) is 62.2. The van der Waals surface area contributed by atoms with Crippen molar-refractivity contribution >= 4 is 90.1 Å². The summed E-state index contributed by atoms with van der Waals surface area (Å²) in [5, 5.41) is 0. The number of hydrogen-bond donors (Lipinski definition) is 0. The van der Waals surface area contributed by atoms with Crippen LogP contribution in [0.2, 0.25) is 0 Å². The van der Waals surface area contributed by atoms with Gasteiger partial charge in [-0.15, -0.1) is 0 Å². The van der Waals surface area contributed by atoms with Gasteiger partial charge in [0.1, 0.15) is 50.8 Å². The molecule has 0 bridgehead atoms. The molecule has 0 atom stereocenters. The fourth-order valence-corrected chi connectivity index (χ4v) is 12.1. The van der Waals surface area contributed by atoms with Gasteiger partial charge in [0.25, 0.3) is 0 Å². The summed E-state index contributed by atoms with van der Waals surface area (Å²) < 4.78 is 91.6. The second-order valence-corrected chi connectivity index (χ2v) is 25.3. The van der Waals surface area contributed by atoms with Gasteiger partial charge in [0.05, 0.1) is 0 Å². The number of hydrogen-bond acceptors (Lipinski definition) is 18. The highest BCUT2D eigenvalue weighted by Gasteiger charge is 2.30. The zero-order valence-corrected chi connectivity index (χ0v) is 55.4. The second kappa shape index (κ2) is 41.9. The first-order chi connectivity index (χ1) is 34.5. The van der Waals surface area contributed by atoms with Crippen LogP contribution >= 0.6 is 0 Å². The van der Waals surface area contributed by atoms with E-state index in [1.807, 2.05) is 55.5 Å².